The van der Waals surface area contributed by atoms with Gasteiger partial charge >= 0.3 is 12.1 Å². The quantitative estimate of drug-likeness (QED) is 0.263. The van der Waals surface area contributed by atoms with E-state index in [1.807, 2.05) is 42.5 Å². The van der Waals surface area contributed by atoms with Gasteiger partial charge in [-0.3, -0.25) is 10.1 Å². The molecule has 0 aliphatic heterocycles. The van der Waals surface area contributed by atoms with Crippen LogP contribution in [-0.4, -0.2) is 36.0 Å². The molecular formula is C28H25ClN2O6. The van der Waals surface area contributed by atoms with Crippen molar-refractivity contribution in [3.8, 4) is 28.2 Å². The van der Waals surface area contributed by atoms with E-state index < -0.39 is 12.1 Å². The first-order chi connectivity index (χ1) is 17.9. The van der Waals surface area contributed by atoms with E-state index in [0.717, 1.165) is 16.7 Å². The summed E-state index contributed by atoms with van der Waals surface area (Å²) in [6.45, 7) is 1.87. The number of aliphatic carboxylic acids is 1. The minimum absolute atomic E-state index is 0.107. The first-order valence-electron chi connectivity index (χ1n) is 11.5. The smallest absolute Gasteiger partial charge is 0.411 e. The molecule has 9 heteroatoms. The number of ether oxygens (including phenoxy) is 2. The first kappa shape index (κ1) is 25.8. The summed E-state index contributed by atoms with van der Waals surface area (Å²) < 4.78 is 16.4. The zero-order valence-electron chi connectivity index (χ0n) is 20.3. The average molecular weight is 521 g/mol. The lowest BCUT2D eigenvalue weighted by Gasteiger charge is -2.12. The molecule has 1 heterocycles. The molecule has 0 aliphatic rings. The van der Waals surface area contributed by atoms with Crippen molar-refractivity contribution in [2.75, 3.05) is 19.0 Å². The van der Waals surface area contributed by atoms with Gasteiger partial charge in [-0.25, -0.2) is 4.79 Å². The van der Waals surface area contributed by atoms with Gasteiger partial charge in [-0.2, -0.15) is 0 Å². The van der Waals surface area contributed by atoms with Gasteiger partial charge in [0.25, 0.3) is 0 Å². The summed E-state index contributed by atoms with van der Waals surface area (Å²) in [5.74, 6) is 0.0417. The Labute approximate surface area is 218 Å². The van der Waals surface area contributed by atoms with Crippen LogP contribution in [0.2, 0.25) is 5.02 Å². The van der Waals surface area contributed by atoms with Gasteiger partial charge in [0.15, 0.2) is 5.76 Å². The number of aromatic nitrogens is 1. The Kier molecular flexibility index (Phi) is 8.10. The van der Waals surface area contributed by atoms with Crippen LogP contribution < -0.4 is 10.1 Å². The fourth-order valence-electron chi connectivity index (χ4n) is 3.90. The van der Waals surface area contributed by atoms with Crippen molar-refractivity contribution in [1.82, 2.24) is 5.16 Å². The lowest BCUT2D eigenvalue weighted by Crippen LogP contribution is -2.16. The Hall–Kier alpha value is -4.30. The third-order valence-electron chi connectivity index (χ3n) is 5.71. The molecule has 0 atom stereocenters. The molecule has 0 fully saturated rings. The SMILES string of the molecule is COc1ccc(CC(=O)O)cc1-c1cccc(-c2onc(C)c2NC(=O)OCCc2ccccc2Cl)c1. The number of hydrogen-bond acceptors (Lipinski definition) is 6. The van der Waals surface area contributed by atoms with E-state index >= 15 is 0 Å². The summed E-state index contributed by atoms with van der Waals surface area (Å²) in [5, 5.41) is 16.5. The molecule has 190 valence electrons. The van der Waals surface area contributed by atoms with Crippen LogP contribution >= 0.6 is 11.6 Å². The van der Waals surface area contributed by atoms with Crippen LogP contribution in [0.3, 0.4) is 0 Å². The monoisotopic (exact) mass is 520 g/mol. The van der Waals surface area contributed by atoms with Crippen molar-refractivity contribution >= 4 is 29.4 Å². The lowest BCUT2D eigenvalue weighted by atomic mass is 9.98. The summed E-state index contributed by atoms with van der Waals surface area (Å²) in [6.07, 6.45) is -0.267. The molecule has 0 saturated carbocycles. The summed E-state index contributed by atoms with van der Waals surface area (Å²) in [6, 6.07) is 20.0. The molecule has 37 heavy (non-hydrogen) atoms. The van der Waals surface area contributed by atoms with Gasteiger partial charge in [0, 0.05) is 22.6 Å². The van der Waals surface area contributed by atoms with Crippen molar-refractivity contribution in [2.45, 2.75) is 19.8 Å². The number of amides is 1. The van der Waals surface area contributed by atoms with E-state index in [4.69, 9.17) is 25.6 Å². The molecule has 0 radical (unpaired) electrons. The number of nitrogens with zero attached hydrogens (tertiary/aromatic N) is 1. The van der Waals surface area contributed by atoms with Crippen LogP contribution in [-0.2, 0) is 22.4 Å². The largest absolute Gasteiger partial charge is 0.496 e. The van der Waals surface area contributed by atoms with Crippen molar-refractivity contribution in [1.29, 1.82) is 0 Å². The number of aryl methyl sites for hydroxylation is 1. The predicted molar refractivity (Wildman–Crippen MR) is 140 cm³/mol. The lowest BCUT2D eigenvalue weighted by molar-refractivity contribution is -0.136. The number of benzene rings is 3. The maximum atomic E-state index is 12.5. The standard InChI is InChI=1S/C28H25ClN2O6/c1-17-26(30-28(34)36-13-12-19-6-3-4-9-23(19)29)27(37-31-17)21-8-5-7-20(16-21)22-14-18(15-25(32)33)10-11-24(22)35-2/h3-11,14,16H,12-13,15H2,1-2H3,(H,30,34)(H,32,33). The van der Waals surface area contributed by atoms with Gasteiger partial charge in [0.05, 0.1) is 20.1 Å². The molecule has 0 bridgehead atoms. The first-order valence-corrected chi connectivity index (χ1v) is 11.9. The number of halogens is 1. The fourth-order valence-corrected chi connectivity index (χ4v) is 4.13. The maximum Gasteiger partial charge on any atom is 0.411 e. The van der Waals surface area contributed by atoms with E-state index in [-0.39, 0.29) is 13.0 Å². The second-order valence-electron chi connectivity index (χ2n) is 8.26. The zero-order chi connectivity index (χ0) is 26.4. The second-order valence-corrected chi connectivity index (χ2v) is 8.67. The minimum atomic E-state index is -0.920. The molecule has 1 aromatic heterocycles. The van der Waals surface area contributed by atoms with Crippen LogP contribution in [0.4, 0.5) is 10.5 Å². The highest BCUT2D eigenvalue weighted by atomic mass is 35.5. The van der Waals surface area contributed by atoms with Crippen molar-refractivity contribution in [2.24, 2.45) is 0 Å². The van der Waals surface area contributed by atoms with Crippen molar-refractivity contribution in [3.05, 3.63) is 88.6 Å². The van der Waals surface area contributed by atoms with Gasteiger partial charge < -0.3 is 19.1 Å². The predicted octanol–water partition coefficient (Wildman–Crippen LogP) is 6.40. The van der Waals surface area contributed by atoms with Crippen LogP contribution in [0.15, 0.2) is 71.3 Å². The topological polar surface area (TPSA) is 111 Å². The van der Waals surface area contributed by atoms with Crippen molar-refractivity contribution < 1.29 is 28.7 Å². The van der Waals surface area contributed by atoms with Crippen LogP contribution in [0.1, 0.15) is 16.8 Å². The van der Waals surface area contributed by atoms with Crippen LogP contribution in [0.25, 0.3) is 22.5 Å². The normalized spacial score (nSPS) is 10.7. The van der Waals surface area contributed by atoms with Gasteiger partial charge in [0.1, 0.15) is 17.1 Å². The third kappa shape index (κ3) is 6.29. The molecule has 0 spiro atoms. The summed E-state index contributed by atoms with van der Waals surface area (Å²) >= 11 is 6.16. The molecule has 4 aromatic rings. The molecule has 1 amide bonds. The maximum absolute atomic E-state index is 12.5. The number of rotatable bonds is 9. The zero-order valence-corrected chi connectivity index (χ0v) is 21.0. The number of nitrogens with one attached hydrogen (secondary N) is 1. The number of hydrogen-bond donors (Lipinski definition) is 2. The molecule has 8 nitrogen and oxygen atoms in total. The Morgan fingerprint density at radius 3 is 2.59 bits per heavy atom. The van der Waals surface area contributed by atoms with Gasteiger partial charge in [-0.15, -0.1) is 0 Å². The molecule has 0 aliphatic carbocycles. The van der Waals surface area contributed by atoms with E-state index in [9.17, 15) is 14.7 Å². The van der Waals surface area contributed by atoms with Crippen LogP contribution in [0, 0.1) is 6.92 Å². The number of carboxylic acids is 1. The van der Waals surface area contributed by atoms with Crippen molar-refractivity contribution in [3.63, 3.8) is 0 Å². The summed E-state index contributed by atoms with van der Waals surface area (Å²) in [5.41, 5.74) is 4.59. The van der Waals surface area contributed by atoms with Gasteiger partial charge in [0.2, 0.25) is 0 Å². The number of carboxylic acid groups (broad SMARTS) is 1. The summed E-state index contributed by atoms with van der Waals surface area (Å²) in [4.78, 5) is 23.7. The Morgan fingerprint density at radius 1 is 1.05 bits per heavy atom. The van der Waals surface area contributed by atoms with E-state index in [0.29, 0.717) is 45.5 Å². The highest BCUT2D eigenvalue weighted by molar-refractivity contribution is 6.31. The Morgan fingerprint density at radius 2 is 1.84 bits per heavy atom. The number of carbonyl (C=O) groups is 2. The molecule has 4 rings (SSSR count). The third-order valence-corrected chi connectivity index (χ3v) is 6.08. The molecule has 0 unspecified atom stereocenters. The average Bonchev–Trinajstić information content (AvgIpc) is 3.24. The molecule has 3 aromatic carbocycles. The molecule has 2 N–H and O–H groups in total. The number of carbonyl (C=O) groups excluding carboxylic acids is 1. The highest BCUT2D eigenvalue weighted by Crippen LogP contribution is 2.36. The van der Waals surface area contributed by atoms with Gasteiger partial charge in [-0.1, -0.05) is 59.2 Å². The Balaban J connectivity index is 1.54. The fraction of sp³-hybridized carbons (Fsp3) is 0.179. The Bertz CT molecular complexity index is 1430. The number of methoxy groups -OCH3 is 1. The van der Waals surface area contributed by atoms with E-state index in [1.54, 1.807) is 38.3 Å². The number of anilines is 1. The van der Waals surface area contributed by atoms with E-state index in [2.05, 4.69) is 10.5 Å². The summed E-state index contributed by atoms with van der Waals surface area (Å²) in [7, 11) is 1.55. The highest BCUT2D eigenvalue weighted by Gasteiger charge is 2.19. The van der Waals surface area contributed by atoms with E-state index in [1.165, 1.54) is 0 Å². The molecular weight excluding hydrogens is 496 g/mol. The second kappa shape index (κ2) is 11.6. The van der Waals surface area contributed by atoms with Crippen LogP contribution in [0.5, 0.6) is 5.75 Å². The minimum Gasteiger partial charge on any atom is -0.496 e. The van der Waals surface area contributed by atoms with Gasteiger partial charge in [-0.05, 0) is 47.9 Å². The molecule has 0 saturated heterocycles.